The number of benzene rings is 1. The van der Waals surface area contributed by atoms with Gasteiger partial charge in [-0.2, -0.15) is 5.10 Å². The average Bonchev–Trinajstić information content (AvgIpc) is 2.52. The Kier molecular flexibility index (Phi) is 1.58. The second-order valence-corrected chi connectivity index (χ2v) is 3.31. The van der Waals surface area contributed by atoms with Gasteiger partial charge in [0.05, 0.1) is 12.2 Å². The molecule has 3 rings (SSSR count). The molecule has 0 saturated heterocycles. The lowest BCUT2D eigenvalue weighted by atomic mass is 10.2. The molecule has 1 aliphatic rings. The zero-order chi connectivity index (χ0) is 10.3. The van der Waals surface area contributed by atoms with Crippen molar-refractivity contribution in [2.45, 2.75) is 6.54 Å². The highest BCUT2D eigenvalue weighted by atomic mass is 16.1. The van der Waals surface area contributed by atoms with Crippen molar-refractivity contribution in [1.82, 2.24) is 14.8 Å². The summed E-state index contributed by atoms with van der Waals surface area (Å²) < 4.78 is 1.56. The number of fused-ring (bicyclic) bond motifs is 3. The van der Waals surface area contributed by atoms with Crippen LogP contribution in [0.25, 0.3) is 5.69 Å². The molecule has 15 heavy (non-hydrogen) atoms. The van der Waals surface area contributed by atoms with Gasteiger partial charge in [-0.1, -0.05) is 18.2 Å². The number of aromatic nitrogens is 3. The van der Waals surface area contributed by atoms with E-state index in [1.165, 1.54) is 0 Å². The molecule has 2 heterocycles. The van der Waals surface area contributed by atoms with E-state index in [1.54, 1.807) is 10.8 Å². The van der Waals surface area contributed by atoms with E-state index in [0.717, 1.165) is 11.3 Å². The van der Waals surface area contributed by atoms with E-state index >= 15 is 0 Å². The second kappa shape index (κ2) is 2.91. The molecule has 1 N–H and O–H groups in total. The van der Waals surface area contributed by atoms with Gasteiger partial charge in [0.2, 0.25) is 0 Å². The van der Waals surface area contributed by atoms with Crippen molar-refractivity contribution < 1.29 is 0 Å². The molecule has 2 aromatic rings. The van der Waals surface area contributed by atoms with Gasteiger partial charge in [-0.05, 0) is 6.07 Å². The molecule has 0 atom stereocenters. The van der Waals surface area contributed by atoms with Gasteiger partial charge in [-0.3, -0.25) is 4.99 Å². The lowest BCUT2D eigenvalue weighted by Crippen LogP contribution is -2.17. The minimum atomic E-state index is -0.219. The molecular formula is C10H8N4O. The topological polar surface area (TPSA) is 63.0 Å². The zero-order valence-corrected chi connectivity index (χ0v) is 7.84. The monoisotopic (exact) mass is 200 g/mol. The Bertz CT molecular complexity index is 593. The highest BCUT2D eigenvalue weighted by Crippen LogP contribution is 2.15. The third-order valence-corrected chi connectivity index (χ3v) is 2.38. The summed E-state index contributed by atoms with van der Waals surface area (Å²) >= 11 is 0. The Labute approximate surface area is 85.1 Å². The van der Waals surface area contributed by atoms with Crippen LogP contribution in [0.1, 0.15) is 11.4 Å². The molecule has 0 unspecified atom stereocenters. The number of aliphatic imine (C=N–C) groups is 1. The minimum absolute atomic E-state index is 0.219. The Hall–Kier alpha value is -2.17. The summed E-state index contributed by atoms with van der Waals surface area (Å²) in [5, 5.41) is 6.36. The van der Waals surface area contributed by atoms with Crippen LogP contribution >= 0.6 is 0 Å². The smallest absolute Gasteiger partial charge is 0.284 e. The Morgan fingerprint density at radius 1 is 1.33 bits per heavy atom. The third kappa shape index (κ3) is 1.13. The molecule has 0 saturated carbocycles. The molecule has 0 amide bonds. The highest BCUT2D eigenvalue weighted by molar-refractivity contribution is 5.85. The number of nitrogens with zero attached hydrogens (tertiary/aromatic N) is 3. The van der Waals surface area contributed by atoms with Crippen molar-refractivity contribution in [1.29, 1.82) is 0 Å². The van der Waals surface area contributed by atoms with E-state index in [0.29, 0.717) is 12.4 Å². The molecular weight excluding hydrogens is 192 g/mol. The number of H-pyrrole nitrogens is 1. The lowest BCUT2D eigenvalue weighted by Gasteiger charge is -2.03. The van der Waals surface area contributed by atoms with Crippen LogP contribution in [-0.4, -0.2) is 21.0 Å². The quantitative estimate of drug-likeness (QED) is 0.672. The van der Waals surface area contributed by atoms with Gasteiger partial charge < -0.3 is 0 Å². The van der Waals surface area contributed by atoms with Crippen LogP contribution in [0.5, 0.6) is 0 Å². The van der Waals surface area contributed by atoms with Crippen molar-refractivity contribution in [2.75, 3.05) is 0 Å². The summed E-state index contributed by atoms with van der Waals surface area (Å²) in [7, 11) is 0. The predicted molar refractivity (Wildman–Crippen MR) is 55.5 cm³/mol. The summed E-state index contributed by atoms with van der Waals surface area (Å²) in [6, 6.07) is 7.61. The summed E-state index contributed by atoms with van der Waals surface area (Å²) in [4.78, 5) is 15.8. The van der Waals surface area contributed by atoms with E-state index in [1.807, 2.05) is 24.3 Å². The van der Waals surface area contributed by atoms with Crippen molar-refractivity contribution in [3.63, 3.8) is 0 Å². The maximum Gasteiger partial charge on any atom is 0.348 e. The Morgan fingerprint density at radius 2 is 2.20 bits per heavy atom. The summed E-state index contributed by atoms with van der Waals surface area (Å²) in [6.07, 6.45) is 1.77. The van der Waals surface area contributed by atoms with Gasteiger partial charge in [0, 0.05) is 11.8 Å². The normalized spacial score (nSPS) is 13.1. The van der Waals surface area contributed by atoms with Crippen LogP contribution in [0.15, 0.2) is 34.1 Å². The number of rotatable bonds is 0. The van der Waals surface area contributed by atoms with Gasteiger partial charge >= 0.3 is 5.69 Å². The first-order valence-electron chi connectivity index (χ1n) is 4.62. The van der Waals surface area contributed by atoms with Crippen LogP contribution < -0.4 is 5.69 Å². The maximum atomic E-state index is 11.6. The fourth-order valence-corrected chi connectivity index (χ4v) is 1.71. The summed E-state index contributed by atoms with van der Waals surface area (Å²) in [5.41, 5.74) is 1.54. The molecule has 0 fully saturated rings. The van der Waals surface area contributed by atoms with Gasteiger partial charge in [0.15, 0.2) is 5.82 Å². The van der Waals surface area contributed by atoms with Crippen molar-refractivity contribution in [2.24, 2.45) is 4.99 Å². The molecule has 1 aliphatic heterocycles. The number of aromatic amines is 1. The zero-order valence-electron chi connectivity index (χ0n) is 7.84. The SMILES string of the molecule is O=c1[nH]nc2n1-c1ccccc1C=NC2. The van der Waals surface area contributed by atoms with Crippen molar-refractivity contribution in [3.05, 3.63) is 46.1 Å². The Balaban J connectivity index is 2.41. The fraction of sp³-hybridized carbons (Fsp3) is 0.100. The van der Waals surface area contributed by atoms with E-state index in [2.05, 4.69) is 15.2 Å². The molecule has 74 valence electrons. The minimum Gasteiger partial charge on any atom is -0.284 e. The average molecular weight is 200 g/mol. The van der Waals surface area contributed by atoms with Crippen LogP contribution in [0.3, 0.4) is 0 Å². The van der Waals surface area contributed by atoms with Crippen LogP contribution in [0.4, 0.5) is 0 Å². The van der Waals surface area contributed by atoms with E-state index in [4.69, 9.17) is 0 Å². The van der Waals surface area contributed by atoms with Gasteiger partial charge in [0.1, 0.15) is 0 Å². The van der Waals surface area contributed by atoms with E-state index < -0.39 is 0 Å². The third-order valence-electron chi connectivity index (χ3n) is 2.38. The van der Waals surface area contributed by atoms with Crippen LogP contribution in [-0.2, 0) is 6.54 Å². The standard InChI is InChI=1S/C10H8N4O/c15-10-13-12-9-6-11-5-7-3-1-2-4-8(7)14(9)10/h1-5H,6H2,(H,13,15). The molecule has 0 bridgehead atoms. The number of hydrogen-bond acceptors (Lipinski definition) is 3. The summed E-state index contributed by atoms with van der Waals surface area (Å²) in [5.74, 6) is 0.640. The van der Waals surface area contributed by atoms with Gasteiger partial charge in [0.25, 0.3) is 0 Å². The number of hydrogen-bond donors (Lipinski definition) is 1. The largest absolute Gasteiger partial charge is 0.348 e. The first-order chi connectivity index (χ1) is 7.36. The van der Waals surface area contributed by atoms with Gasteiger partial charge in [-0.15, -0.1) is 0 Å². The van der Waals surface area contributed by atoms with Crippen molar-refractivity contribution in [3.8, 4) is 5.69 Å². The van der Waals surface area contributed by atoms with E-state index in [9.17, 15) is 4.79 Å². The first kappa shape index (κ1) is 8.16. The summed E-state index contributed by atoms with van der Waals surface area (Å²) in [6.45, 7) is 0.424. The van der Waals surface area contributed by atoms with Crippen LogP contribution in [0.2, 0.25) is 0 Å². The van der Waals surface area contributed by atoms with Crippen molar-refractivity contribution >= 4 is 6.21 Å². The number of para-hydroxylation sites is 1. The molecule has 0 spiro atoms. The molecule has 5 heteroatoms. The lowest BCUT2D eigenvalue weighted by molar-refractivity contribution is 0.863. The molecule has 0 aliphatic carbocycles. The molecule has 1 aromatic heterocycles. The van der Waals surface area contributed by atoms with Gasteiger partial charge in [-0.25, -0.2) is 14.5 Å². The number of nitrogens with one attached hydrogen (secondary N) is 1. The molecule has 0 radical (unpaired) electrons. The maximum absolute atomic E-state index is 11.6. The Morgan fingerprint density at radius 3 is 3.13 bits per heavy atom. The molecule has 5 nitrogen and oxygen atoms in total. The highest BCUT2D eigenvalue weighted by Gasteiger charge is 2.14. The predicted octanol–water partition coefficient (Wildman–Crippen LogP) is 0.493. The van der Waals surface area contributed by atoms with Crippen LogP contribution in [0, 0.1) is 0 Å². The first-order valence-corrected chi connectivity index (χ1v) is 4.62. The molecule has 1 aromatic carbocycles. The fourth-order valence-electron chi connectivity index (χ4n) is 1.71. The second-order valence-electron chi connectivity index (χ2n) is 3.31. The van der Waals surface area contributed by atoms with E-state index in [-0.39, 0.29) is 5.69 Å².